The maximum atomic E-state index is 14.0. The Morgan fingerprint density at radius 2 is 1.73 bits per heavy atom. The van der Waals surface area contributed by atoms with Crippen molar-refractivity contribution in [2.75, 3.05) is 23.9 Å². The lowest BCUT2D eigenvalue weighted by Crippen LogP contribution is -2.32. The van der Waals surface area contributed by atoms with Crippen LogP contribution in [-0.2, 0) is 14.4 Å². The Kier molecular flexibility index (Phi) is 7.01. The number of imide groups is 1. The van der Waals surface area contributed by atoms with Crippen molar-refractivity contribution in [2.24, 2.45) is 5.92 Å². The van der Waals surface area contributed by atoms with Crippen molar-refractivity contribution in [3.05, 3.63) is 92.9 Å². The summed E-state index contributed by atoms with van der Waals surface area (Å²) in [5.74, 6) is -1.60. The van der Waals surface area contributed by atoms with Gasteiger partial charge in [0.05, 0.1) is 23.7 Å². The molecule has 0 bridgehead atoms. The lowest BCUT2D eigenvalue weighted by Gasteiger charge is -2.30. The molecule has 3 atom stereocenters. The zero-order chi connectivity index (χ0) is 28.7. The zero-order valence-electron chi connectivity index (χ0n) is 21.5. The lowest BCUT2D eigenvalue weighted by molar-refractivity contribution is -0.122. The van der Waals surface area contributed by atoms with Gasteiger partial charge in [-0.3, -0.25) is 19.2 Å². The van der Waals surface area contributed by atoms with Gasteiger partial charge in [0.2, 0.25) is 11.8 Å². The highest BCUT2D eigenvalue weighted by Gasteiger charge is 2.56. The van der Waals surface area contributed by atoms with Gasteiger partial charge < -0.3 is 24.9 Å². The molecule has 12 heteroatoms. The maximum Gasteiger partial charge on any atom is 0.305 e. The number of thiazole rings is 1. The Bertz CT molecular complexity index is 1700. The number of phenolic OH excluding ortho intramolecular Hbond substituents is 1. The Morgan fingerprint density at radius 1 is 1.00 bits per heavy atom. The Hall–Kier alpha value is -4.55. The quantitative estimate of drug-likeness (QED) is 0.218. The van der Waals surface area contributed by atoms with Crippen LogP contribution >= 0.6 is 23.1 Å². The second-order valence-corrected chi connectivity index (χ2v) is 11.5. The van der Waals surface area contributed by atoms with E-state index >= 15 is 0 Å². The molecular weight excluding hydrogens is 566 g/mol. The number of fused-ring (bicyclic) bond motifs is 2. The van der Waals surface area contributed by atoms with Gasteiger partial charge in [-0.25, -0.2) is 4.90 Å². The highest BCUT2D eigenvalue weighted by molar-refractivity contribution is 8.00. The van der Waals surface area contributed by atoms with Crippen molar-refractivity contribution >= 4 is 52.2 Å². The molecule has 1 fully saturated rings. The molecule has 2 aliphatic heterocycles. The van der Waals surface area contributed by atoms with Crippen LogP contribution in [0.15, 0.2) is 82.6 Å². The number of ether oxygens (including phenoxy) is 2. The lowest BCUT2D eigenvalue weighted by atomic mass is 9.82. The molecule has 0 aliphatic carbocycles. The molecule has 2 aliphatic rings. The summed E-state index contributed by atoms with van der Waals surface area (Å²) in [6.07, 6.45) is 0. The predicted molar refractivity (Wildman–Crippen MR) is 154 cm³/mol. The van der Waals surface area contributed by atoms with Gasteiger partial charge in [-0.2, -0.15) is 0 Å². The van der Waals surface area contributed by atoms with Crippen molar-refractivity contribution in [3.63, 3.8) is 0 Å². The smallest absolute Gasteiger partial charge is 0.305 e. The van der Waals surface area contributed by atoms with Gasteiger partial charge in [0.15, 0.2) is 6.61 Å². The topological polar surface area (TPSA) is 138 Å². The van der Waals surface area contributed by atoms with Gasteiger partial charge in [0.25, 0.3) is 5.91 Å². The van der Waals surface area contributed by atoms with Crippen molar-refractivity contribution < 1.29 is 29.0 Å². The minimum absolute atomic E-state index is 0.0778. The van der Waals surface area contributed by atoms with E-state index in [-0.39, 0.29) is 29.0 Å². The largest absolute Gasteiger partial charge is 0.508 e. The third-order valence-corrected chi connectivity index (χ3v) is 9.32. The number of para-hydroxylation sites is 1. The average molecular weight is 590 g/mol. The molecule has 4 aromatic rings. The third-order valence-electron chi connectivity index (χ3n) is 6.92. The summed E-state index contributed by atoms with van der Waals surface area (Å²) >= 11 is 2.18. The summed E-state index contributed by atoms with van der Waals surface area (Å²) in [6, 6.07) is 19.7. The number of phenols is 1. The van der Waals surface area contributed by atoms with Crippen LogP contribution in [0, 0.1) is 5.92 Å². The van der Waals surface area contributed by atoms with E-state index in [0.717, 1.165) is 11.3 Å². The number of nitrogens with zero attached hydrogens (tertiary/aromatic N) is 1. The molecule has 1 aromatic heterocycles. The minimum Gasteiger partial charge on any atom is -0.508 e. The van der Waals surface area contributed by atoms with E-state index in [1.165, 1.54) is 35.9 Å². The molecule has 6 rings (SSSR count). The molecule has 1 saturated heterocycles. The first-order valence-corrected chi connectivity index (χ1v) is 14.3. The number of hydrogen-bond donors (Lipinski definition) is 3. The summed E-state index contributed by atoms with van der Waals surface area (Å²) in [7, 11) is 1.53. The number of benzene rings is 3. The molecule has 0 radical (unpaired) electrons. The van der Waals surface area contributed by atoms with Gasteiger partial charge in [-0.15, -0.1) is 0 Å². The molecule has 10 nitrogen and oxygen atoms in total. The molecule has 3 aromatic carbocycles. The second kappa shape index (κ2) is 10.8. The molecule has 3 heterocycles. The van der Waals surface area contributed by atoms with Crippen LogP contribution in [0.25, 0.3) is 0 Å². The van der Waals surface area contributed by atoms with Crippen LogP contribution in [0.5, 0.6) is 17.2 Å². The van der Waals surface area contributed by atoms with Crippen LogP contribution in [0.1, 0.15) is 16.4 Å². The number of H-pyrrole nitrogens is 1. The number of aromatic hydroxyl groups is 1. The van der Waals surface area contributed by atoms with Crippen molar-refractivity contribution in [3.8, 4) is 17.2 Å². The zero-order valence-corrected chi connectivity index (χ0v) is 23.2. The normalized spacial score (nSPS) is 19.4. The van der Waals surface area contributed by atoms with Gasteiger partial charge in [0.1, 0.15) is 22.5 Å². The fraction of sp³-hybridized carbons (Fsp3) is 0.172. The number of aromatic amines is 1. The number of anilines is 2. The highest BCUT2D eigenvalue weighted by atomic mass is 32.2. The first-order chi connectivity index (χ1) is 19.8. The van der Waals surface area contributed by atoms with Gasteiger partial charge >= 0.3 is 4.87 Å². The van der Waals surface area contributed by atoms with Crippen LogP contribution in [0.4, 0.5) is 11.4 Å². The molecule has 3 unspecified atom stereocenters. The Balaban J connectivity index is 1.33. The second-order valence-electron chi connectivity index (χ2n) is 9.38. The number of hydrogen-bond acceptors (Lipinski definition) is 9. The van der Waals surface area contributed by atoms with E-state index < -0.39 is 23.0 Å². The van der Waals surface area contributed by atoms with Crippen molar-refractivity contribution in [1.82, 2.24) is 4.98 Å². The van der Waals surface area contributed by atoms with Gasteiger partial charge in [0, 0.05) is 22.0 Å². The number of nitrogens with one attached hydrogen (secondary N) is 2. The van der Waals surface area contributed by atoms with E-state index in [2.05, 4.69) is 10.3 Å². The number of carbonyl (C=O) groups excluding carboxylic acids is 3. The van der Waals surface area contributed by atoms with Crippen LogP contribution in [0.3, 0.4) is 0 Å². The summed E-state index contributed by atoms with van der Waals surface area (Å²) in [5, 5.41) is 11.9. The molecule has 0 saturated carbocycles. The van der Waals surface area contributed by atoms with Crippen molar-refractivity contribution in [2.45, 2.75) is 16.2 Å². The monoisotopic (exact) mass is 589 g/mol. The van der Waals surface area contributed by atoms with E-state index in [1.54, 1.807) is 60.7 Å². The van der Waals surface area contributed by atoms with Crippen molar-refractivity contribution in [1.29, 1.82) is 0 Å². The number of carbonyl (C=O) groups is 3. The summed E-state index contributed by atoms with van der Waals surface area (Å²) in [6.45, 7) is -0.325. The number of aromatic nitrogens is 1. The van der Waals surface area contributed by atoms with Gasteiger partial charge in [-0.05, 0) is 54.6 Å². The first-order valence-electron chi connectivity index (χ1n) is 12.6. The molecule has 41 heavy (non-hydrogen) atoms. The molecule has 0 spiro atoms. The van der Waals surface area contributed by atoms with Crippen LogP contribution in [0.2, 0.25) is 0 Å². The molecule has 3 N–H and O–H groups in total. The fourth-order valence-electron chi connectivity index (χ4n) is 5.09. The standard InChI is InChI=1S/C29H23N3O7S2/c1-38-18-12-8-16(9-13-18)32-27(35)23-22(24-26(31-29(37)41-24)40-25(23)28(32)36)19-4-2-3-5-20(19)39-14-21(34)30-15-6-10-17(33)11-7-15/h2-13,22-23,25,33H,14H2,1H3,(H,30,34)(H,31,37). The Labute approximate surface area is 241 Å². The maximum absolute atomic E-state index is 14.0. The molecular formula is C29H23N3O7S2. The van der Waals surface area contributed by atoms with Crippen LogP contribution < -0.4 is 24.6 Å². The van der Waals surface area contributed by atoms with E-state index in [9.17, 15) is 24.3 Å². The minimum atomic E-state index is -0.802. The number of thioether (sulfide) groups is 1. The van der Waals surface area contributed by atoms with E-state index in [4.69, 9.17) is 9.47 Å². The summed E-state index contributed by atoms with van der Waals surface area (Å²) in [5.41, 5.74) is 1.52. The number of methoxy groups -OCH3 is 1. The first kappa shape index (κ1) is 26.7. The third kappa shape index (κ3) is 4.96. The SMILES string of the molecule is COc1ccc(N2C(=O)C3Sc4[nH]c(=O)sc4C(c4ccccc4OCC(=O)Nc4ccc(O)cc4)C3C2=O)cc1. The highest BCUT2D eigenvalue weighted by Crippen LogP contribution is 2.54. The number of rotatable bonds is 7. The summed E-state index contributed by atoms with van der Waals surface area (Å²) < 4.78 is 11.2. The van der Waals surface area contributed by atoms with E-state index in [0.29, 0.717) is 38.3 Å². The Morgan fingerprint density at radius 3 is 2.46 bits per heavy atom. The van der Waals surface area contributed by atoms with Gasteiger partial charge in [-0.1, -0.05) is 41.3 Å². The fourth-order valence-corrected chi connectivity index (χ4v) is 7.60. The average Bonchev–Trinajstić information content (AvgIpc) is 3.47. The molecule has 3 amide bonds. The predicted octanol–water partition coefficient (Wildman–Crippen LogP) is 3.96. The number of amides is 3. The summed E-state index contributed by atoms with van der Waals surface area (Å²) in [4.78, 5) is 57.0. The molecule has 208 valence electrons. The van der Waals surface area contributed by atoms with Crippen LogP contribution in [-0.4, -0.2) is 46.8 Å². The van der Waals surface area contributed by atoms with E-state index in [1.807, 2.05) is 0 Å².